The van der Waals surface area contributed by atoms with Gasteiger partial charge in [0.2, 0.25) is 5.91 Å². The highest BCUT2D eigenvalue weighted by atomic mass is 19.2. The van der Waals surface area contributed by atoms with Crippen molar-refractivity contribution in [2.75, 3.05) is 7.11 Å². The molecule has 1 aromatic carbocycles. The number of carbonyl (C=O) groups is 2. The van der Waals surface area contributed by atoms with Gasteiger partial charge in [-0.15, -0.1) is 0 Å². The lowest BCUT2D eigenvalue weighted by Gasteiger charge is -2.21. The third-order valence-corrected chi connectivity index (χ3v) is 3.10. The van der Waals surface area contributed by atoms with E-state index in [0.717, 1.165) is 12.1 Å². The SMILES string of the molecule is COC(=O)[C@@H](NC(=O)Cc1ccc(F)c(F)c1)[C@H](C)CC#N. The fourth-order valence-electron chi connectivity index (χ4n) is 1.88. The Morgan fingerprint density at radius 2 is 2.05 bits per heavy atom. The van der Waals surface area contributed by atoms with Gasteiger partial charge in [0.1, 0.15) is 6.04 Å². The minimum atomic E-state index is -1.05. The first-order valence-corrected chi connectivity index (χ1v) is 6.57. The van der Waals surface area contributed by atoms with Gasteiger partial charge in [-0.05, 0) is 17.7 Å². The van der Waals surface area contributed by atoms with E-state index in [0.29, 0.717) is 0 Å². The molecule has 1 rings (SSSR count). The maximum atomic E-state index is 13.1. The second kappa shape index (κ2) is 8.08. The fraction of sp³-hybridized carbons (Fsp3) is 0.400. The van der Waals surface area contributed by atoms with Crippen molar-refractivity contribution in [1.82, 2.24) is 5.32 Å². The van der Waals surface area contributed by atoms with Crippen LogP contribution in [0.2, 0.25) is 0 Å². The second-order valence-electron chi connectivity index (χ2n) is 4.83. The molecule has 0 radical (unpaired) electrons. The highest BCUT2D eigenvalue weighted by Crippen LogP contribution is 2.12. The van der Waals surface area contributed by atoms with Gasteiger partial charge < -0.3 is 10.1 Å². The normalized spacial score (nSPS) is 12.9. The van der Waals surface area contributed by atoms with Gasteiger partial charge in [-0.1, -0.05) is 13.0 Å². The number of halogens is 2. The molecule has 5 nitrogen and oxygen atoms in total. The van der Waals surface area contributed by atoms with Crippen LogP contribution in [0.5, 0.6) is 0 Å². The van der Waals surface area contributed by atoms with Crippen LogP contribution >= 0.6 is 0 Å². The van der Waals surface area contributed by atoms with Crippen molar-refractivity contribution < 1.29 is 23.1 Å². The molecule has 118 valence electrons. The molecule has 22 heavy (non-hydrogen) atoms. The number of carbonyl (C=O) groups excluding carboxylic acids is 2. The van der Waals surface area contributed by atoms with Gasteiger partial charge in [0.05, 0.1) is 19.6 Å². The topological polar surface area (TPSA) is 79.2 Å². The summed E-state index contributed by atoms with van der Waals surface area (Å²) < 4.78 is 30.5. The summed E-state index contributed by atoms with van der Waals surface area (Å²) in [5.74, 6) is -3.70. The Morgan fingerprint density at radius 3 is 2.59 bits per heavy atom. The van der Waals surface area contributed by atoms with E-state index < -0.39 is 35.5 Å². The Morgan fingerprint density at radius 1 is 1.36 bits per heavy atom. The third-order valence-electron chi connectivity index (χ3n) is 3.10. The van der Waals surface area contributed by atoms with Crippen LogP contribution in [0.25, 0.3) is 0 Å². The smallest absolute Gasteiger partial charge is 0.328 e. The number of hydrogen-bond donors (Lipinski definition) is 1. The Kier molecular flexibility index (Phi) is 6.45. The largest absolute Gasteiger partial charge is 0.467 e. The molecule has 1 amide bonds. The molecule has 0 aliphatic carbocycles. The molecule has 7 heteroatoms. The Hall–Kier alpha value is -2.49. The highest BCUT2D eigenvalue weighted by Gasteiger charge is 2.27. The molecule has 1 aromatic rings. The monoisotopic (exact) mass is 310 g/mol. The van der Waals surface area contributed by atoms with Gasteiger partial charge in [0.15, 0.2) is 11.6 Å². The van der Waals surface area contributed by atoms with Gasteiger partial charge in [0, 0.05) is 12.3 Å². The molecule has 0 saturated heterocycles. The Bertz CT molecular complexity index is 599. The summed E-state index contributed by atoms with van der Waals surface area (Å²) in [7, 11) is 1.18. The van der Waals surface area contributed by atoms with E-state index in [1.165, 1.54) is 13.2 Å². The van der Waals surface area contributed by atoms with Gasteiger partial charge in [-0.25, -0.2) is 13.6 Å². The molecule has 0 unspecified atom stereocenters. The van der Waals surface area contributed by atoms with E-state index in [4.69, 9.17) is 5.26 Å². The number of nitriles is 1. The molecule has 0 aliphatic heterocycles. The highest BCUT2D eigenvalue weighted by molar-refractivity contribution is 5.85. The molecular weight excluding hydrogens is 294 g/mol. The molecule has 0 bridgehead atoms. The van der Waals surface area contributed by atoms with Crippen LogP contribution in [-0.2, 0) is 20.7 Å². The predicted octanol–water partition coefficient (Wildman–Crippen LogP) is 1.71. The lowest BCUT2D eigenvalue weighted by Crippen LogP contribution is -2.46. The fourth-order valence-corrected chi connectivity index (χ4v) is 1.88. The number of hydrogen-bond acceptors (Lipinski definition) is 4. The molecule has 1 N–H and O–H groups in total. The number of nitrogens with one attached hydrogen (secondary N) is 1. The van der Waals surface area contributed by atoms with E-state index in [1.54, 1.807) is 6.92 Å². The number of benzene rings is 1. The number of esters is 1. The van der Waals surface area contributed by atoms with Crippen LogP contribution in [0.1, 0.15) is 18.9 Å². The minimum absolute atomic E-state index is 0.0607. The summed E-state index contributed by atoms with van der Waals surface area (Å²) in [6, 6.07) is 4.07. The van der Waals surface area contributed by atoms with Crippen LogP contribution in [-0.4, -0.2) is 25.0 Å². The molecule has 0 aliphatic rings. The maximum absolute atomic E-state index is 13.1. The number of ether oxygens (including phenoxy) is 1. The van der Waals surface area contributed by atoms with Gasteiger partial charge in [-0.2, -0.15) is 5.26 Å². The van der Waals surface area contributed by atoms with Crippen molar-refractivity contribution in [3.63, 3.8) is 0 Å². The quantitative estimate of drug-likeness (QED) is 0.811. The first-order chi connectivity index (χ1) is 10.4. The Labute approximate surface area is 126 Å². The molecular formula is C15H16F2N2O3. The summed E-state index contributed by atoms with van der Waals surface area (Å²) >= 11 is 0. The average molecular weight is 310 g/mol. The first-order valence-electron chi connectivity index (χ1n) is 6.57. The van der Waals surface area contributed by atoms with Crippen molar-refractivity contribution >= 4 is 11.9 Å². The number of rotatable bonds is 6. The lowest BCUT2D eigenvalue weighted by atomic mass is 9.98. The first kappa shape index (κ1) is 17.6. The zero-order chi connectivity index (χ0) is 16.7. The standard InChI is InChI=1S/C15H16F2N2O3/c1-9(5-6-18)14(15(21)22-2)19-13(20)8-10-3-4-11(16)12(17)7-10/h3-4,7,9,14H,5,8H2,1-2H3,(H,19,20)/t9-,14+/m1/s1. The summed E-state index contributed by atoms with van der Waals surface area (Å²) in [5, 5.41) is 11.1. The van der Waals surface area contributed by atoms with Gasteiger partial charge in [0.25, 0.3) is 0 Å². The number of methoxy groups -OCH3 is 1. The average Bonchev–Trinajstić information content (AvgIpc) is 2.48. The number of amides is 1. The van der Waals surface area contributed by atoms with Crippen LogP contribution in [0, 0.1) is 28.9 Å². The predicted molar refractivity (Wildman–Crippen MR) is 73.4 cm³/mol. The van der Waals surface area contributed by atoms with E-state index in [1.807, 2.05) is 6.07 Å². The van der Waals surface area contributed by atoms with E-state index >= 15 is 0 Å². The van der Waals surface area contributed by atoms with Crippen molar-refractivity contribution in [2.45, 2.75) is 25.8 Å². The molecule has 0 fully saturated rings. The zero-order valence-corrected chi connectivity index (χ0v) is 12.2. The summed E-state index contributed by atoms with van der Waals surface area (Å²) in [6.45, 7) is 1.63. The third kappa shape index (κ3) is 4.81. The molecule has 0 aromatic heterocycles. The van der Waals surface area contributed by atoms with Crippen molar-refractivity contribution in [3.8, 4) is 6.07 Å². The van der Waals surface area contributed by atoms with Crippen LogP contribution in [0.3, 0.4) is 0 Å². The lowest BCUT2D eigenvalue weighted by molar-refractivity contribution is -0.146. The zero-order valence-electron chi connectivity index (χ0n) is 12.2. The molecule has 0 spiro atoms. The summed E-state index contributed by atoms with van der Waals surface area (Å²) in [4.78, 5) is 23.6. The van der Waals surface area contributed by atoms with Crippen molar-refractivity contribution in [1.29, 1.82) is 5.26 Å². The van der Waals surface area contributed by atoms with Crippen molar-refractivity contribution in [3.05, 3.63) is 35.4 Å². The van der Waals surface area contributed by atoms with Crippen LogP contribution in [0.15, 0.2) is 18.2 Å². The van der Waals surface area contributed by atoms with E-state index in [2.05, 4.69) is 10.1 Å². The summed E-state index contributed by atoms with van der Waals surface area (Å²) in [6.07, 6.45) is -0.158. The van der Waals surface area contributed by atoms with Crippen molar-refractivity contribution in [2.24, 2.45) is 5.92 Å². The van der Waals surface area contributed by atoms with E-state index in [-0.39, 0.29) is 18.4 Å². The maximum Gasteiger partial charge on any atom is 0.328 e. The van der Waals surface area contributed by atoms with E-state index in [9.17, 15) is 18.4 Å². The second-order valence-corrected chi connectivity index (χ2v) is 4.83. The van der Waals surface area contributed by atoms with Crippen LogP contribution in [0.4, 0.5) is 8.78 Å². The molecule has 0 saturated carbocycles. The molecule has 0 heterocycles. The van der Waals surface area contributed by atoms with Gasteiger partial charge >= 0.3 is 5.97 Å². The van der Waals surface area contributed by atoms with Gasteiger partial charge in [-0.3, -0.25) is 4.79 Å². The molecule has 2 atom stereocenters. The minimum Gasteiger partial charge on any atom is -0.467 e. The summed E-state index contributed by atoms with van der Waals surface area (Å²) in [5.41, 5.74) is 0.271. The Balaban J connectivity index is 2.76. The number of nitrogens with zero attached hydrogens (tertiary/aromatic N) is 1. The van der Waals surface area contributed by atoms with Crippen LogP contribution < -0.4 is 5.32 Å².